The van der Waals surface area contributed by atoms with Crippen LogP contribution in [0.2, 0.25) is 0 Å². The van der Waals surface area contributed by atoms with E-state index in [-0.39, 0.29) is 5.92 Å². The molecule has 1 aliphatic carbocycles. The molecule has 1 aromatic heterocycles. The number of fused-ring (bicyclic) bond motifs is 1. The van der Waals surface area contributed by atoms with E-state index in [2.05, 4.69) is 29.7 Å². The van der Waals surface area contributed by atoms with Crippen LogP contribution in [0.15, 0.2) is 6.20 Å². The first kappa shape index (κ1) is 9.26. The van der Waals surface area contributed by atoms with E-state index in [1.807, 2.05) is 6.20 Å². The second-order valence-corrected chi connectivity index (χ2v) is 4.22. The number of nitrogens with zero attached hydrogens (tertiary/aromatic N) is 3. The van der Waals surface area contributed by atoms with Crippen LogP contribution in [0, 0.1) is 17.2 Å². The lowest BCUT2D eigenvalue weighted by molar-refractivity contribution is 0.470. The van der Waals surface area contributed by atoms with Gasteiger partial charge in [-0.05, 0) is 32.3 Å². The summed E-state index contributed by atoms with van der Waals surface area (Å²) in [7, 11) is 0. The van der Waals surface area contributed by atoms with Crippen molar-refractivity contribution in [2.75, 3.05) is 0 Å². The van der Waals surface area contributed by atoms with E-state index >= 15 is 0 Å². The zero-order valence-electron chi connectivity index (χ0n) is 8.70. The Hall–Kier alpha value is -1.30. The maximum Gasteiger partial charge on any atom is 0.0659 e. The Labute approximate surface area is 84.3 Å². The molecule has 0 spiro atoms. The SMILES string of the molecule is CC(C)n1ncc2c1C[C@H](C#N)CC2. The molecule has 0 saturated carbocycles. The molecule has 0 N–H and O–H groups in total. The van der Waals surface area contributed by atoms with Crippen LogP contribution in [0.3, 0.4) is 0 Å². The van der Waals surface area contributed by atoms with Gasteiger partial charge in [0.1, 0.15) is 0 Å². The van der Waals surface area contributed by atoms with E-state index < -0.39 is 0 Å². The largest absolute Gasteiger partial charge is 0.267 e. The maximum atomic E-state index is 8.90. The van der Waals surface area contributed by atoms with Gasteiger partial charge in [0.25, 0.3) is 0 Å². The second kappa shape index (κ2) is 3.45. The molecular formula is C11H15N3. The highest BCUT2D eigenvalue weighted by atomic mass is 15.3. The molecule has 1 heterocycles. The van der Waals surface area contributed by atoms with Gasteiger partial charge in [-0.3, -0.25) is 4.68 Å². The Morgan fingerprint density at radius 1 is 1.64 bits per heavy atom. The van der Waals surface area contributed by atoms with Crippen molar-refractivity contribution in [3.05, 3.63) is 17.5 Å². The number of nitriles is 1. The Morgan fingerprint density at radius 2 is 2.43 bits per heavy atom. The first-order chi connectivity index (χ1) is 6.72. The average Bonchev–Trinajstić information content (AvgIpc) is 2.59. The van der Waals surface area contributed by atoms with Crippen LogP contribution in [-0.2, 0) is 12.8 Å². The average molecular weight is 189 g/mol. The van der Waals surface area contributed by atoms with Crippen LogP contribution < -0.4 is 0 Å². The lowest BCUT2D eigenvalue weighted by Crippen LogP contribution is -2.17. The molecule has 3 heteroatoms. The molecule has 0 saturated heterocycles. The van der Waals surface area contributed by atoms with E-state index in [0.717, 1.165) is 19.3 Å². The molecule has 0 aliphatic heterocycles. The van der Waals surface area contributed by atoms with Crippen molar-refractivity contribution < 1.29 is 0 Å². The zero-order valence-corrected chi connectivity index (χ0v) is 8.70. The van der Waals surface area contributed by atoms with Crippen molar-refractivity contribution >= 4 is 0 Å². The van der Waals surface area contributed by atoms with Gasteiger partial charge in [-0.25, -0.2) is 0 Å². The van der Waals surface area contributed by atoms with Crippen molar-refractivity contribution in [1.82, 2.24) is 9.78 Å². The summed E-state index contributed by atoms with van der Waals surface area (Å²) in [6.07, 6.45) is 4.85. The number of rotatable bonds is 1. The number of hydrogen-bond donors (Lipinski definition) is 0. The molecule has 1 aromatic rings. The Kier molecular flexibility index (Phi) is 2.28. The molecule has 2 rings (SSSR count). The van der Waals surface area contributed by atoms with Crippen LogP contribution >= 0.6 is 0 Å². The van der Waals surface area contributed by atoms with E-state index in [9.17, 15) is 0 Å². The van der Waals surface area contributed by atoms with Gasteiger partial charge in [-0.1, -0.05) is 0 Å². The Balaban J connectivity index is 2.33. The summed E-state index contributed by atoms with van der Waals surface area (Å²) in [5.41, 5.74) is 2.61. The molecule has 0 aromatic carbocycles. The van der Waals surface area contributed by atoms with Crippen molar-refractivity contribution in [3.63, 3.8) is 0 Å². The van der Waals surface area contributed by atoms with Crippen molar-refractivity contribution in [3.8, 4) is 6.07 Å². The molecular weight excluding hydrogens is 174 g/mol. The number of aromatic nitrogens is 2. The van der Waals surface area contributed by atoms with Gasteiger partial charge in [-0.15, -0.1) is 0 Å². The van der Waals surface area contributed by atoms with Crippen LogP contribution in [0.5, 0.6) is 0 Å². The first-order valence-corrected chi connectivity index (χ1v) is 5.17. The number of aryl methyl sites for hydroxylation is 1. The fraction of sp³-hybridized carbons (Fsp3) is 0.636. The van der Waals surface area contributed by atoms with Gasteiger partial charge in [0, 0.05) is 18.2 Å². The second-order valence-electron chi connectivity index (χ2n) is 4.22. The highest BCUT2D eigenvalue weighted by molar-refractivity contribution is 5.23. The number of hydrogen-bond acceptors (Lipinski definition) is 2. The van der Waals surface area contributed by atoms with Crippen LogP contribution in [0.25, 0.3) is 0 Å². The minimum Gasteiger partial charge on any atom is -0.267 e. The molecule has 1 aliphatic rings. The highest BCUT2D eigenvalue weighted by Crippen LogP contribution is 2.26. The van der Waals surface area contributed by atoms with Crippen LogP contribution in [-0.4, -0.2) is 9.78 Å². The summed E-state index contributed by atoms with van der Waals surface area (Å²) >= 11 is 0. The zero-order chi connectivity index (χ0) is 10.1. The quantitative estimate of drug-likeness (QED) is 0.678. The molecule has 0 radical (unpaired) electrons. The van der Waals surface area contributed by atoms with Crippen LogP contribution in [0.1, 0.15) is 37.6 Å². The van der Waals surface area contributed by atoms with Crippen molar-refractivity contribution in [1.29, 1.82) is 5.26 Å². The monoisotopic (exact) mass is 189 g/mol. The topological polar surface area (TPSA) is 41.6 Å². The molecule has 3 nitrogen and oxygen atoms in total. The minimum absolute atomic E-state index is 0.191. The van der Waals surface area contributed by atoms with Crippen molar-refractivity contribution in [2.24, 2.45) is 5.92 Å². The normalized spacial score (nSPS) is 20.6. The summed E-state index contributed by atoms with van der Waals surface area (Å²) in [5.74, 6) is 0.191. The lowest BCUT2D eigenvalue weighted by atomic mass is 9.89. The third-order valence-corrected chi connectivity index (χ3v) is 2.86. The van der Waals surface area contributed by atoms with E-state index in [1.54, 1.807) is 0 Å². The maximum absolute atomic E-state index is 8.90. The van der Waals surface area contributed by atoms with E-state index in [0.29, 0.717) is 6.04 Å². The molecule has 0 bridgehead atoms. The lowest BCUT2D eigenvalue weighted by Gasteiger charge is -2.19. The molecule has 0 fully saturated rings. The van der Waals surface area contributed by atoms with Gasteiger partial charge in [0.15, 0.2) is 0 Å². The van der Waals surface area contributed by atoms with Gasteiger partial charge in [0.2, 0.25) is 0 Å². The van der Waals surface area contributed by atoms with Gasteiger partial charge in [0.05, 0.1) is 18.2 Å². The summed E-state index contributed by atoms with van der Waals surface area (Å²) in [6.45, 7) is 4.26. The molecule has 74 valence electrons. The summed E-state index contributed by atoms with van der Waals surface area (Å²) in [6, 6.07) is 2.76. The van der Waals surface area contributed by atoms with Crippen LogP contribution in [0.4, 0.5) is 0 Å². The molecule has 0 amide bonds. The fourth-order valence-electron chi connectivity index (χ4n) is 2.08. The third kappa shape index (κ3) is 1.41. The first-order valence-electron chi connectivity index (χ1n) is 5.17. The minimum atomic E-state index is 0.191. The van der Waals surface area contributed by atoms with E-state index in [1.165, 1.54) is 11.3 Å². The van der Waals surface area contributed by atoms with Gasteiger partial charge >= 0.3 is 0 Å². The van der Waals surface area contributed by atoms with E-state index in [4.69, 9.17) is 5.26 Å². The fourth-order valence-corrected chi connectivity index (χ4v) is 2.08. The highest BCUT2D eigenvalue weighted by Gasteiger charge is 2.22. The van der Waals surface area contributed by atoms with Gasteiger partial charge < -0.3 is 0 Å². The standard InChI is InChI=1S/C11H15N3/c1-8(2)14-11-5-9(6-12)3-4-10(11)7-13-14/h7-9H,3-5H2,1-2H3/t9-/m1/s1. The summed E-state index contributed by atoms with van der Waals surface area (Å²) < 4.78 is 2.05. The molecule has 14 heavy (non-hydrogen) atoms. The molecule has 0 unspecified atom stereocenters. The Morgan fingerprint density at radius 3 is 3.07 bits per heavy atom. The Bertz CT molecular complexity index is 370. The predicted molar refractivity (Wildman–Crippen MR) is 53.7 cm³/mol. The van der Waals surface area contributed by atoms with Gasteiger partial charge in [-0.2, -0.15) is 10.4 Å². The van der Waals surface area contributed by atoms with Crippen molar-refractivity contribution in [2.45, 2.75) is 39.2 Å². The summed E-state index contributed by atoms with van der Waals surface area (Å²) in [4.78, 5) is 0. The molecule has 1 atom stereocenters. The summed E-state index contributed by atoms with van der Waals surface area (Å²) in [5, 5.41) is 13.3. The third-order valence-electron chi connectivity index (χ3n) is 2.86. The predicted octanol–water partition coefficient (Wildman–Crippen LogP) is 2.09. The smallest absolute Gasteiger partial charge is 0.0659 e.